The molecule has 0 aromatic carbocycles. The summed E-state index contributed by atoms with van der Waals surface area (Å²) in [6.07, 6.45) is 0. The zero-order chi connectivity index (χ0) is 5.11. The first kappa shape index (κ1) is 4.77. The zero-order valence-corrected chi connectivity index (χ0v) is 4.44. The maximum atomic E-state index is 8.01. The highest BCUT2D eigenvalue weighted by Gasteiger charge is 2.08. The molecule has 0 spiro atoms. The van der Waals surface area contributed by atoms with Crippen LogP contribution in [-0.4, -0.2) is 22.8 Å². The van der Waals surface area contributed by atoms with Crippen LogP contribution in [0.5, 0.6) is 0 Å². The first-order chi connectivity index (χ1) is 3.43. The third-order valence-corrected chi connectivity index (χ3v) is 1.43. The van der Waals surface area contributed by atoms with Crippen LogP contribution in [0.1, 0.15) is 0 Å². The summed E-state index contributed by atoms with van der Waals surface area (Å²) in [4.78, 5) is 0. The van der Waals surface area contributed by atoms with E-state index in [1.54, 1.807) is 0 Å². The van der Waals surface area contributed by atoms with E-state index in [1.807, 2.05) is 0 Å². The minimum Gasteiger partial charge on any atom is -0.470 e. The zero-order valence-electron chi connectivity index (χ0n) is 3.63. The molecule has 1 aliphatic rings. The summed E-state index contributed by atoms with van der Waals surface area (Å²) in [5.74, 6) is 0.902. The molecule has 1 fully saturated rings. The van der Waals surface area contributed by atoms with Gasteiger partial charge in [-0.2, -0.15) is 0 Å². The Morgan fingerprint density at radius 2 is 2.71 bits per heavy atom. The molecule has 0 amide bonds. The van der Waals surface area contributed by atoms with Crippen LogP contribution in [0.2, 0.25) is 0 Å². The molecule has 0 saturated carbocycles. The Kier molecular flexibility index (Phi) is 1.41. The molecule has 1 aliphatic heterocycles. The van der Waals surface area contributed by atoms with Crippen molar-refractivity contribution in [3.8, 4) is 0 Å². The van der Waals surface area contributed by atoms with E-state index < -0.39 is 0 Å². The molecule has 1 rings (SSSR count). The summed E-state index contributed by atoms with van der Waals surface area (Å²) in [6.45, 7) is 0.671. The minimum atomic E-state index is 0.389. The van der Waals surface area contributed by atoms with Gasteiger partial charge < -0.3 is 9.94 Å². The number of oxime groups is 1. The fourth-order valence-electron chi connectivity index (χ4n) is 0.357. The molecule has 7 heavy (non-hydrogen) atoms. The van der Waals surface area contributed by atoms with Gasteiger partial charge in [0.1, 0.15) is 6.61 Å². The van der Waals surface area contributed by atoms with Crippen molar-refractivity contribution in [1.29, 1.82) is 0 Å². The van der Waals surface area contributed by atoms with Crippen LogP contribution in [0.4, 0.5) is 0 Å². The molecular formula is C3H5NO2S. The molecule has 0 aliphatic carbocycles. The van der Waals surface area contributed by atoms with E-state index in [4.69, 9.17) is 9.94 Å². The van der Waals surface area contributed by atoms with Gasteiger partial charge >= 0.3 is 0 Å². The van der Waals surface area contributed by atoms with Crippen LogP contribution >= 0.6 is 11.8 Å². The van der Waals surface area contributed by atoms with Gasteiger partial charge in [0.2, 0.25) is 0 Å². The highest BCUT2D eigenvalue weighted by atomic mass is 32.2. The first-order valence-electron chi connectivity index (χ1n) is 1.91. The van der Waals surface area contributed by atoms with E-state index in [0.717, 1.165) is 5.75 Å². The average Bonchev–Trinajstić information content (AvgIpc) is 2.14. The van der Waals surface area contributed by atoms with Crippen molar-refractivity contribution < 1.29 is 9.94 Å². The number of ether oxygens (including phenoxy) is 1. The van der Waals surface area contributed by atoms with Gasteiger partial charge in [-0.25, -0.2) is 0 Å². The summed E-state index contributed by atoms with van der Waals surface area (Å²) in [7, 11) is 0. The summed E-state index contributed by atoms with van der Waals surface area (Å²) >= 11 is 1.42. The second kappa shape index (κ2) is 2.07. The van der Waals surface area contributed by atoms with Gasteiger partial charge in [0, 0.05) is 5.75 Å². The number of rotatable bonds is 0. The first-order valence-corrected chi connectivity index (χ1v) is 2.89. The molecule has 3 nitrogen and oxygen atoms in total. The highest BCUT2D eigenvalue weighted by molar-refractivity contribution is 8.13. The van der Waals surface area contributed by atoms with Gasteiger partial charge in [-0.15, -0.1) is 0 Å². The molecular weight excluding hydrogens is 114 g/mol. The van der Waals surface area contributed by atoms with Crippen molar-refractivity contribution in [3.05, 3.63) is 0 Å². The van der Waals surface area contributed by atoms with Crippen molar-refractivity contribution in [2.24, 2.45) is 5.16 Å². The van der Waals surface area contributed by atoms with Crippen LogP contribution < -0.4 is 0 Å². The maximum absolute atomic E-state index is 8.01. The molecule has 0 atom stereocenters. The summed E-state index contributed by atoms with van der Waals surface area (Å²) < 4.78 is 4.77. The van der Waals surface area contributed by atoms with Crippen LogP contribution in [0.15, 0.2) is 5.16 Å². The fourth-order valence-corrected chi connectivity index (χ4v) is 0.923. The lowest BCUT2D eigenvalue weighted by Crippen LogP contribution is -1.88. The van der Waals surface area contributed by atoms with E-state index in [-0.39, 0.29) is 0 Å². The van der Waals surface area contributed by atoms with Crippen LogP contribution in [0.3, 0.4) is 0 Å². The number of thioether (sulfide) groups is 1. The Morgan fingerprint density at radius 3 is 3.00 bits per heavy atom. The largest absolute Gasteiger partial charge is 0.470 e. The Hall–Kier alpha value is -0.380. The molecule has 40 valence electrons. The van der Waals surface area contributed by atoms with E-state index in [1.165, 1.54) is 11.8 Å². The lowest BCUT2D eigenvalue weighted by Gasteiger charge is -1.86. The molecule has 0 aromatic heterocycles. The molecule has 1 saturated heterocycles. The third-order valence-electron chi connectivity index (χ3n) is 0.616. The Morgan fingerprint density at radius 1 is 1.86 bits per heavy atom. The smallest absolute Gasteiger partial charge is 0.286 e. The van der Waals surface area contributed by atoms with Gasteiger partial charge in [0.05, 0.1) is 0 Å². The normalized spacial score (nSPS) is 25.4. The van der Waals surface area contributed by atoms with Crippen molar-refractivity contribution in [2.45, 2.75) is 0 Å². The van der Waals surface area contributed by atoms with Crippen LogP contribution in [0, 0.1) is 0 Å². The topological polar surface area (TPSA) is 41.8 Å². The number of nitrogens with zero attached hydrogens (tertiary/aromatic N) is 1. The van der Waals surface area contributed by atoms with Gasteiger partial charge in [-0.3, -0.25) is 0 Å². The van der Waals surface area contributed by atoms with Crippen molar-refractivity contribution >= 4 is 17.0 Å². The summed E-state index contributed by atoms with van der Waals surface area (Å²) in [5, 5.41) is 11.2. The Bertz CT molecular complexity index is 84.9. The van der Waals surface area contributed by atoms with Crippen molar-refractivity contribution in [1.82, 2.24) is 0 Å². The molecule has 0 bridgehead atoms. The standard InChI is InChI=1S/C3H5NO2S/c5-4-3-6-1-2-7-3/h5H,1-2H2. The second-order valence-corrected chi connectivity index (χ2v) is 2.11. The minimum absolute atomic E-state index is 0.389. The quantitative estimate of drug-likeness (QED) is 0.373. The van der Waals surface area contributed by atoms with Crippen molar-refractivity contribution in [2.75, 3.05) is 12.4 Å². The van der Waals surface area contributed by atoms with E-state index in [0.29, 0.717) is 11.8 Å². The fraction of sp³-hybridized carbons (Fsp3) is 0.667. The van der Waals surface area contributed by atoms with Crippen LogP contribution in [-0.2, 0) is 4.74 Å². The van der Waals surface area contributed by atoms with E-state index in [9.17, 15) is 0 Å². The van der Waals surface area contributed by atoms with Gasteiger partial charge in [-0.1, -0.05) is 11.8 Å². The van der Waals surface area contributed by atoms with E-state index in [2.05, 4.69) is 5.16 Å². The third kappa shape index (κ3) is 0.991. The summed E-state index contributed by atoms with van der Waals surface area (Å²) in [5.41, 5.74) is 0. The average molecular weight is 119 g/mol. The van der Waals surface area contributed by atoms with Crippen LogP contribution in [0.25, 0.3) is 0 Å². The molecule has 1 heterocycles. The summed E-state index contributed by atoms with van der Waals surface area (Å²) in [6, 6.07) is 0. The van der Waals surface area contributed by atoms with Gasteiger partial charge in [0.25, 0.3) is 5.23 Å². The second-order valence-electron chi connectivity index (χ2n) is 1.06. The number of hydrogen-bond acceptors (Lipinski definition) is 4. The predicted molar refractivity (Wildman–Crippen MR) is 27.6 cm³/mol. The molecule has 0 radical (unpaired) electrons. The maximum Gasteiger partial charge on any atom is 0.286 e. The molecule has 0 aromatic rings. The van der Waals surface area contributed by atoms with Gasteiger partial charge in [-0.05, 0) is 5.16 Å². The molecule has 4 heteroatoms. The van der Waals surface area contributed by atoms with E-state index >= 15 is 0 Å². The molecule has 1 N–H and O–H groups in total. The SMILES string of the molecule is ON=C1OCCS1. The highest BCUT2D eigenvalue weighted by Crippen LogP contribution is 2.11. The van der Waals surface area contributed by atoms with Crippen molar-refractivity contribution in [3.63, 3.8) is 0 Å². The molecule has 0 unspecified atom stereocenters. The van der Waals surface area contributed by atoms with Gasteiger partial charge in [0.15, 0.2) is 0 Å². The lowest BCUT2D eigenvalue weighted by atomic mass is 10.9. The lowest BCUT2D eigenvalue weighted by molar-refractivity contribution is 0.280. The Balaban J connectivity index is 2.41. The number of hydrogen-bond donors (Lipinski definition) is 1. The predicted octanol–water partition coefficient (Wildman–Crippen LogP) is 0.495. The Labute approximate surface area is 45.3 Å². The monoisotopic (exact) mass is 119 g/mol.